The van der Waals surface area contributed by atoms with Crippen LogP contribution in [0.15, 0.2) is 0 Å². The van der Waals surface area contributed by atoms with Gasteiger partial charge in [0, 0.05) is 12.8 Å². The Morgan fingerprint density at radius 1 is 0.474 bits per heavy atom. The van der Waals surface area contributed by atoms with Gasteiger partial charge in [0.05, 0.1) is 6.61 Å². The Kier molecular flexibility index (Phi) is 32.7. The average molecular weight is 839 g/mol. The van der Waals surface area contributed by atoms with Crippen LogP contribution in [0, 0.1) is 0 Å². The second-order valence-electron chi connectivity index (χ2n) is 16.3. The second-order valence-corrected chi connectivity index (χ2v) is 17.7. The molecule has 8 atom stereocenters. The Hall–Kier alpha value is -1.15. The minimum Gasteiger partial charge on any atom is -0.462 e. The van der Waals surface area contributed by atoms with Crippen molar-refractivity contribution in [2.75, 3.05) is 13.2 Å². The van der Waals surface area contributed by atoms with Crippen molar-refractivity contribution in [3.63, 3.8) is 0 Å². The number of aliphatic hydroxyl groups excluding tert-OH is 5. The maximum Gasteiger partial charge on any atom is 0.472 e. The van der Waals surface area contributed by atoms with Gasteiger partial charge in [-0.3, -0.25) is 18.6 Å². The highest BCUT2D eigenvalue weighted by Crippen LogP contribution is 2.47. The van der Waals surface area contributed by atoms with E-state index in [0.29, 0.717) is 12.8 Å². The molecule has 0 aromatic rings. The monoisotopic (exact) mass is 839 g/mol. The minimum atomic E-state index is -5.11. The molecule has 0 saturated heterocycles. The maximum absolute atomic E-state index is 12.8. The maximum atomic E-state index is 12.8. The summed E-state index contributed by atoms with van der Waals surface area (Å²) >= 11 is 0. The molecule has 1 aliphatic carbocycles. The van der Waals surface area contributed by atoms with E-state index in [1.54, 1.807) is 0 Å². The van der Waals surface area contributed by atoms with Gasteiger partial charge in [0.1, 0.15) is 43.2 Å². The summed E-state index contributed by atoms with van der Waals surface area (Å²) in [5.74, 6) is -1.09. The van der Waals surface area contributed by atoms with Gasteiger partial charge >= 0.3 is 19.8 Å². The van der Waals surface area contributed by atoms with Crippen LogP contribution in [0.2, 0.25) is 0 Å². The summed E-state index contributed by atoms with van der Waals surface area (Å²) in [6, 6.07) is 0. The van der Waals surface area contributed by atoms with Crippen molar-refractivity contribution in [2.24, 2.45) is 0 Å². The van der Waals surface area contributed by atoms with E-state index >= 15 is 0 Å². The van der Waals surface area contributed by atoms with Gasteiger partial charge in [-0.2, -0.15) is 0 Å². The number of phosphoric ester groups is 1. The topological polar surface area (TPSA) is 210 Å². The normalized spacial score (nSPS) is 22.6. The highest BCUT2D eigenvalue weighted by atomic mass is 31.2. The third-order valence-electron chi connectivity index (χ3n) is 10.9. The van der Waals surface area contributed by atoms with Gasteiger partial charge in [-0.05, 0) is 12.8 Å². The lowest BCUT2D eigenvalue weighted by atomic mass is 9.85. The van der Waals surface area contributed by atoms with Crippen LogP contribution < -0.4 is 0 Å². The first-order chi connectivity index (χ1) is 27.4. The van der Waals surface area contributed by atoms with Crippen LogP contribution >= 0.6 is 7.82 Å². The zero-order chi connectivity index (χ0) is 42.2. The number of aliphatic hydroxyl groups is 5. The molecule has 0 aromatic carbocycles. The second kappa shape index (κ2) is 34.6. The Morgan fingerprint density at radius 2 is 0.789 bits per heavy atom. The van der Waals surface area contributed by atoms with Crippen LogP contribution in [0.4, 0.5) is 0 Å². The molecular formula is C43H83O13P. The summed E-state index contributed by atoms with van der Waals surface area (Å²) in [5.41, 5.74) is 0. The Labute approximate surface area is 344 Å². The molecular weight excluding hydrogens is 755 g/mol. The van der Waals surface area contributed by atoms with Gasteiger partial charge in [-0.1, -0.05) is 181 Å². The standard InChI is InChI=1S/C43H83O13P/c1-3-5-7-9-11-13-15-17-18-20-22-24-26-28-30-32-37(45)55-35(34-54-57(51,52)56-43-41(49)39(47)38(46)40(48)42(43)50)33-53-36(44)31-29-27-25-23-21-19-16-14-12-10-8-6-4-2/h35,38-43,46-50H,3-34H2,1-2H3,(H,51,52)/t35-,38?,39-,40+,41?,42-,43?/m1/s1. The summed E-state index contributed by atoms with van der Waals surface area (Å²) in [4.78, 5) is 35.6. The molecule has 0 heterocycles. The first-order valence-electron chi connectivity index (χ1n) is 22.8. The van der Waals surface area contributed by atoms with E-state index in [2.05, 4.69) is 13.8 Å². The summed E-state index contributed by atoms with van der Waals surface area (Å²) in [6.45, 7) is 3.31. The number of esters is 2. The number of hydrogen-bond acceptors (Lipinski definition) is 12. The van der Waals surface area contributed by atoms with Crippen molar-refractivity contribution in [1.82, 2.24) is 0 Å². The lowest BCUT2D eigenvalue weighted by Gasteiger charge is -2.41. The number of phosphoric acid groups is 1. The van der Waals surface area contributed by atoms with Crippen molar-refractivity contribution in [3.05, 3.63) is 0 Å². The summed E-state index contributed by atoms with van der Waals surface area (Å²) in [5, 5.41) is 50.1. The molecule has 0 spiro atoms. The van der Waals surface area contributed by atoms with E-state index in [0.717, 1.165) is 38.5 Å². The number of carbonyl (C=O) groups excluding carboxylic acids is 2. The molecule has 1 rings (SSSR count). The predicted octanol–water partition coefficient (Wildman–Crippen LogP) is 8.50. The van der Waals surface area contributed by atoms with E-state index in [9.17, 15) is 44.6 Å². The summed E-state index contributed by atoms with van der Waals surface area (Å²) in [7, 11) is -5.11. The zero-order valence-corrected chi connectivity index (χ0v) is 36.6. The van der Waals surface area contributed by atoms with Crippen molar-refractivity contribution < 1.29 is 63.1 Å². The number of ether oxygens (including phenoxy) is 2. The van der Waals surface area contributed by atoms with Crippen LogP contribution in [0.25, 0.3) is 0 Å². The fourth-order valence-corrected chi connectivity index (χ4v) is 8.20. The smallest absolute Gasteiger partial charge is 0.462 e. The third kappa shape index (κ3) is 27.3. The van der Waals surface area contributed by atoms with Crippen molar-refractivity contribution in [2.45, 2.75) is 249 Å². The highest BCUT2D eigenvalue weighted by Gasteiger charge is 2.51. The van der Waals surface area contributed by atoms with Crippen LogP contribution in [0.3, 0.4) is 0 Å². The Morgan fingerprint density at radius 3 is 1.16 bits per heavy atom. The molecule has 4 unspecified atom stereocenters. The largest absolute Gasteiger partial charge is 0.472 e. The van der Waals surface area contributed by atoms with Crippen molar-refractivity contribution in [3.8, 4) is 0 Å². The molecule has 1 fully saturated rings. The molecule has 14 heteroatoms. The summed E-state index contributed by atoms with van der Waals surface area (Å²) < 4.78 is 33.5. The average Bonchev–Trinajstić information content (AvgIpc) is 3.19. The summed E-state index contributed by atoms with van der Waals surface area (Å²) in [6.07, 6.45) is 20.1. The number of unbranched alkanes of at least 4 members (excludes halogenated alkanes) is 26. The highest BCUT2D eigenvalue weighted by molar-refractivity contribution is 7.47. The Bertz CT molecular complexity index is 1020. The van der Waals surface area contributed by atoms with Crippen LogP contribution in [-0.2, 0) is 32.7 Å². The zero-order valence-electron chi connectivity index (χ0n) is 35.7. The lowest BCUT2D eigenvalue weighted by Crippen LogP contribution is -2.64. The SMILES string of the molecule is CCCCCCCCCCCCCCCCCC(=O)O[C@H](COC(=O)CCCCCCCCCCCCCCC)COP(=O)(O)OC1C(O)[C@H](O)C(O)[C@H](O)[C@H]1O. The van der Waals surface area contributed by atoms with E-state index in [4.69, 9.17) is 18.5 Å². The Balaban J connectivity index is 2.45. The molecule has 0 bridgehead atoms. The first kappa shape index (κ1) is 53.9. The molecule has 0 radical (unpaired) electrons. The quantitative estimate of drug-likeness (QED) is 0.0196. The van der Waals surface area contributed by atoms with E-state index in [1.165, 1.54) is 128 Å². The lowest BCUT2D eigenvalue weighted by molar-refractivity contribution is -0.220. The van der Waals surface area contributed by atoms with E-state index in [-0.39, 0.29) is 12.8 Å². The fraction of sp³-hybridized carbons (Fsp3) is 0.953. The number of rotatable bonds is 38. The third-order valence-corrected chi connectivity index (χ3v) is 11.9. The molecule has 1 aliphatic rings. The molecule has 6 N–H and O–H groups in total. The minimum absolute atomic E-state index is 0.105. The first-order valence-corrected chi connectivity index (χ1v) is 24.3. The number of hydrogen-bond donors (Lipinski definition) is 6. The van der Waals surface area contributed by atoms with Crippen molar-refractivity contribution in [1.29, 1.82) is 0 Å². The molecule has 338 valence electrons. The van der Waals surface area contributed by atoms with Crippen molar-refractivity contribution >= 4 is 19.8 Å². The van der Waals surface area contributed by atoms with Gasteiger partial charge in [-0.25, -0.2) is 4.57 Å². The van der Waals surface area contributed by atoms with Gasteiger partial charge in [0.15, 0.2) is 6.10 Å². The number of carbonyl (C=O) groups is 2. The molecule has 13 nitrogen and oxygen atoms in total. The molecule has 1 saturated carbocycles. The molecule has 0 aliphatic heterocycles. The molecule has 0 amide bonds. The van der Waals surface area contributed by atoms with Crippen LogP contribution in [0.5, 0.6) is 0 Å². The van der Waals surface area contributed by atoms with Gasteiger partial charge in [-0.15, -0.1) is 0 Å². The predicted molar refractivity (Wildman–Crippen MR) is 221 cm³/mol. The molecule has 0 aromatic heterocycles. The van der Waals surface area contributed by atoms with Gasteiger partial charge in [0.25, 0.3) is 0 Å². The van der Waals surface area contributed by atoms with Gasteiger partial charge < -0.3 is 39.9 Å². The molecule has 57 heavy (non-hydrogen) atoms. The van der Waals surface area contributed by atoms with Gasteiger partial charge in [0.2, 0.25) is 0 Å². The van der Waals surface area contributed by atoms with Crippen LogP contribution in [0.1, 0.15) is 206 Å². The van der Waals surface area contributed by atoms with Crippen LogP contribution in [-0.4, -0.2) is 98.3 Å². The van der Waals surface area contributed by atoms with E-state index in [1.807, 2.05) is 0 Å². The fourth-order valence-electron chi connectivity index (χ4n) is 7.23. The van der Waals surface area contributed by atoms with E-state index < -0.39 is 75.7 Å².